The Morgan fingerprint density at radius 1 is 0.562 bits per heavy atom. The number of hydrogen-bond donors (Lipinski definition) is 0. The minimum Gasteiger partial charge on any atom is -0.344 e. The van der Waals surface area contributed by atoms with Gasteiger partial charge < -0.3 is 4.90 Å². The van der Waals surface area contributed by atoms with Crippen LogP contribution in [0.1, 0.15) is 43.6 Å². The summed E-state index contributed by atoms with van der Waals surface area (Å²) in [6, 6.07) is 37.5. The van der Waals surface area contributed by atoms with E-state index >= 15 is 0 Å². The van der Waals surface area contributed by atoms with Gasteiger partial charge in [0, 0.05) is 24.0 Å². The van der Waals surface area contributed by atoms with E-state index in [1.807, 2.05) is 0 Å². The van der Waals surface area contributed by atoms with E-state index < -0.39 is 0 Å². The Bertz CT molecular complexity index is 1140. The van der Waals surface area contributed by atoms with Crippen molar-refractivity contribution in [3.8, 4) is 22.3 Å². The van der Waals surface area contributed by atoms with E-state index in [2.05, 4.69) is 115 Å². The van der Waals surface area contributed by atoms with Crippen LogP contribution < -0.4 is 4.90 Å². The van der Waals surface area contributed by atoms with Crippen LogP contribution in [0.4, 0.5) is 11.4 Å². The minimum atomic E-state index is 0.749. The van der Waals surface area contributed by atoms with Gasteiger partial charge in [-0.2, -0.15) is 0 Å². The summed E-state index contributed by atoms with van der Waals surface area (Å²) in [5.41, 5.74) is 8.98. The first-order valence-electron chi connectivity index (χ1n) is 11.9. The SMILES string of the molecule is CN(c1ccc(-c2ccccc2)cc1)c1ccccc1-c1ccc(C2CCCCC2)cc1. The lowest BCUT2D eigenvalue weighted by atomic mass is 9.83. The lowest BCUT2D eigenvalue weighted by Gasteiger charge is -2.24. The second kappa shape index (κ2) is 9.44. The summed E-state index contributed by atoms with van der Waals surface area (Å²) in [6.07, 6.45) is 6.85. The molecule has 1 saturated carbocycles. The summed E-state index contributed by atoms with van der Waals surface area (Å²) in [5, 5.41) is 0. The summed E-state index contributed by atoms with van der Waals surface area (Å²) < 4.78 is 0. The molecule has 0 amide bonds. The highest BCUT2D eigenvalue weighted by Gasteiger charge is 2.16. The minimum absolute atomic E-state index is 0.749. The fourth-order valence-electron chi connectivity index (χ4n) is 5.03. The second-order valence-corrected chi connectivity index (χ2v) is 8.95. The van der Waals surface area contributed by atoms with E-state index in [4.69, 9.17) is 0 Å². The van der Waals surface area contributed by atoms with Crippen molar-refractivity contribution in [2.75, 3.05) is 11.9 Å². The number of para-hydroxylation sites is 1. The zero-order valence-electron chi connectivity index (χ0n) is 18.9. The van der Waals surface area contributed by atoms with Gasteiger partial charge in [-0.15, -0.1) is 0 Å². The smallest absolute Gasteiger partial charge is 0.0487 e. The Balaban J connectivity index is 1.40. The van der Waals surface area contributed by atoms with E-state index in [9.17, 15) is 0 Å². The highest BCUT2D eigenvalue weighted by atomic mass is 15.1. The summed E-state index contributed by atoms with van der Waals surface area (Å²) in [5.74, 6) is 0.749. The fourth-order valence-corrected chi connectivity index (χ4v) is 5.03. The first kappa shape index (κ1) is 20.6. The molecule has 0 unspecified atom stereocenters. The summed E-state index contributed by atoms with van der Waals surface area (Å²) >= 11 is 0. The largest absolute Gasteiger partial charge is 0.344 e. The van der Waals surface area contributed by atoms with E-state index in [0.29, 0.717) is 0 Å². The van der Waals surface area contributed by atoms with Crippen molar-refractivity contribution < 1.29 is 0 Å². The van der Waals surface area contributed by atoms with E-state index in [1.165, 1.54) is 71.3 Å². The zero-order valence-corrected chi connectivity index (χ0v) is 18.9. The fraction of sp³-hybridized carbons (Fsp3) is 0.226. The Labute approximate surface area is 192 Å². The number of anilines is 2. The van der Waals surface area contributed by atoms with Gasteiger partial charge in [-0.1, -0.05) is 104 Å². The van der Waals surface area contributed by atoms with Crippen molar-refractivity contribution >= 4 is 11.4 Å². The molecule has 1 fully saturated rings. The van der Waals surface area contributed by atoms with Crippen LogP contribution in [-0.2, 0) is 0 Å². The molecule has 1 nitrogen and oxygen atoms in total. The monoisotopic (exact) mass is 417 g/mol. The number of hydrogen-bond acceptors (Lipinski definition) is 1. The van der Waals surface area contributed by atoms with Crippen LogP contribution in [0.15, 0.2) is 103 Å². The third kappa shape index (κ3) is 4.34. The number of benzene rings is 4. The lowest BCUT2D eigenvalue weighted by Crippen LogP contribution is -2.10. The zero-order chi connectivity index (χ0) is 21.8. The van der Waals surface area contributed by atoms with Gasteiger partial charge in [-0.05, 0) is 59.2 Å². The summed E-state index contributed by atoms with van der Waals surface area (Å²) in [6.45, 7) is 0. The van der Waals surface area contributed by atoms with Crippen LogP contribution in [-0.4, -0.2) is 7.05 Å². The molecule has 4 aromatic carbocycles. The average molecular weight is 418 g/mol. The van der Waals surface area contributed by atoms with Gasteiger partial charge >= 0.3 is 0 Å². The average Bonchev–Trinajstić information content (AvgIpc) is 2.89. The molecule has 1 aliphatic carbocycles. The van der Waals surface area contributed by atoms with Gasteiger partial charge in [0.25, 0.3) is 0 Å². The van der Waals surface area contributed by atoms with Gasteiger partial charge in [0.15, 0.2) is 0 Å². The van der Waals surface area contributed by atoms with Crippen molar-refractivity contribution in [1.29, 1.82) is 0 Å². The predicted octanol–water partition coefficient (Wildman–Crippen LogP) is 8.84. The third-order valence-corrected chi connectivity index (χ3v) is 6.93. The third-order valence-electron chi connectivity index (χ3n) is 6.93. The molecule has 0 aromatic heterocycles. The molecule has 5 rings (SSSR count). The van der Waals surface area contributed by atoms with Crippen LogP contribution >= 0.6 is 0 Å². The molecule has 0 spiro atoms. The normalized spacial score (nSPS) is 14.3. The molecule has 0 saturated heterocycles. The Morgan fingerprint density at radius 3 is 1.88 bits per heavy atom. The first-order valence-corrected chi connectivity index (χ1v) is 11.9. The topological polar surface area (TPSA) is 3.24 Å². The van der Waals surface area contributed by atoms with Gasteiger partial charge in [0.1, 0.15) is 0 Å². The van der Waals surface area contributed by atoms with Crippen molar-refractivity contribution in [3.05, 3.63) is 109 Å². The quantitative estimate of drug-likeness (QED) is 0.313. The first-order chi connectivity index (χ1) is 15.8. The maximum Gasteiger partial charge on any atom is 0.0487 e. The van der Waals surface area contributed by atoms with Crippen molar-refractivity contribution in [2.24, 2.45) is 0 Å². The molecule has 1 heteroatoms. The van der Waals surface area contributed by atoms with Gasteiger partial charge in [-0.25, -0.2) is 0 Å². The van der Waals surface area contributed by atoms with Crippen molar-refractivity contribution in [2.45, 2.75) is 38.0 Å². The van der Waals surface area contributed by atoms with Crippen LogP contribution in [0.2, 0.25) is 0 Å². The molecule has 0 heterocycles. The molecule has 0 radical (unpaired) electrons. The summed E-state index contributed by atoms with van der Waals surface area (Å²) in [7, 11) is 2.16. The highest BCUT2D eigenvalue weighted by molar-refractivity contribution is 5.82. The van der Waals surface area contributed by atoms with Crippen LogP contribution in [0.25, 0.3) is 22.3 Å². The molecule has 0 N–H and O–H groups in total. The van der Waals surface area contributed by atoms with Crippen LogP contribution in [0, 0.1) is 0 Å². The Kier molecular flexibility index (Phi) is 6.07. The molecule has 4 aromatic rings. The van der Waals surface area contributed by atoms with Crippen LogP contribution in [0.3, 0.4) is 0 Å². The van der Waals surface area contributed by atoms with Crippen molar-refractivity contribution in [1.82, 2.24) is 0 Å². The van der Waals surface area contributed by atoms with E-state index in [-0.39, 0.29) is 0 Å². The van der Waals surface area contributed by atoms with Gasteiger partial charge in [0.2, 0.25) is 0 Å². The molecule has 0 bridgehead atoms. The molecule has 160 valence electrons. The highest BCUT2D eigenvalue weighted by Crippen LogP contribution is 2.37. The van der Waals surface area contributed by atoms with Gasteiger partial charge in [0.05, 0.1) is 0 Å². The summed E-state index contributed by atoms with van der Waals surface area (Å²) in [4.78, 5) is 2.29. The Hall–Kier alpha value is -3.32. The Morgan fingerprint density at radius 2 is 1.16 bits per heavy atom. The predicted molar refractivity (Wildman–Crippen MR) is 138 cm³/mol. The molecule has 1 aliphatic rings. The molecular weight excluding hydrogens is 386 g/mol. The van der Waals surface area contributed by atoms with Crippen molar-refractivity contribution in [3.63, 3.8) is 0 Å². The molecular formula is C31H31N. The molecule has 0 aliphatic heterocycles. The second-order valence-electron chi connectivity index (χ2n) is 8.95. The maximum absolute atomic E-state index is 2.36. The van der Waals surface area contributed by atoms with Gasteiger partial charge in [-0.3, -0.25) is 0 Å². The number of nitrogens with zero attached hydrogens (tertiary/aromatic N) is 1. The van der Waals surface area contributed by atoms with E-state index in [1.54, 1.807) is 0 Å². The number of rotatable bonds is 5. The van der Waals surface area contributed by atoms with Crippen LogP contribution in [0.5, 0.6) is 0 Å². The lowest BCUT2D eigenvalue weighted by molar-refractivity contribution is 0.443. The van der Waals surface area contributed by atoms with E-state index in [0.717, 1.165) is 5.92 Å². The standard InChI is InChI=1S/C31H31N/c1-32(29-22-20-27(21-23-29)25-12-6-3-7-13-25)31-15-9-8-14-30(31)28-18-16-26(17-19-28)24-10-4-2-5-11-24/h3,6-9,12-24H,2,4-5,10-11H2,1H3. The molecule has 32 heavy (non-hydrogen) atoms. The maximum atomic E-state index is 2.36. The molecule has 0 atom stereocenters.